The third-order valence-corrected chi connectivity index (χ3v) is 5.56. The maximum absolute atomic E-state index is 5.53. The Morgan fingerprint density at radius 2 is 1.90 bits per heavy atom. The van der Waals surface area contributed by atoms with Gasteiger partial charge in [-0.2, -0.15) is 0 Å². The molecule has 0 radical (unpaired) electrons. The third kappa shape index (κ3) is 3.40. The van der Waals surface area contributed by atoms with Crippen molar-refractivity contribution < 1.29 is 0 Å². The van der Waals surface area contributed by atoms with E-state index in [1.165, 1.54) is 11.8 Å². The highest BCUT2D eigenvalue weighted by molar-refractivity contribution is 8.03. The summed E-state index contributed by atoms with van der Waals surface area (Å²) in [5.41, 5.74) is 3.55. The standard InChI is InChI=1S/C11H16N6S3/c1-5(2)7-13-8(15-12)6(3)9(14-7)19-11-17-16-10(18-4)20-11/h5H,12H2,1-4H3,(H,13,14,15). The molecular weight excluding hydrogens is 312 g/mol. The van der Waals surface area contributed by atoms with Crippen LogP contribution in [0.2, 0.25) is 0 Å². The van der Waals surface area contributed by atoms with Gasteiger partial charge >= 0.3 is 0 Å². The number of nitrogens with two attached hydrogens (primary N) is 1. The summed E-state index contributed by atoms with van der Waals surface area (Å²) in [5.74, 6) is 7.18. The van der Waals surface area contributed by atoms with Gasteiger partial charge in [0.05, 0.1) is 0 Å². The zero-order valence-corrected chi connectivity index (χ0v) is 14.1. The molecule has 0 bridgehead atoms. The van der Waals surface area contributed by atoms with E-state index >= 15 is 0 Å². The van der Waals surface area contributed by atoms with Gasteiger partial charge in [-0.05, 0) is 24.9 Å². The average Bonchev–Trinajstić information content (AvgIpc) is 2.88. The van der Waals surface area contributed by atoms with Crippen molar-refractivity contribution in [2.24, 2.45) is 5.84 Å². The number of nitrogens with zero attached hydrogens (tertiary/aromatic N) is 4. The molecular formula is C11H16N6S3. The molecule has 0 aliphatic carbocycles. The van der Waals surface area contributed by atoms with Crippen LogP contribution in [0.1, 0.15) is 31.2 Å². The predicted octanol–water partition coefficient (Wildman–Crippen LogP) is 2.92. The van der Waals surface area contributed by atoms with E-state index in [0.29, 0.717) is 5.82 Å². The molecule has 0 unspecified atom stereocenters. The molecule has 6 nitrogen and oxygen atoms in total. The molecule has 0 aromatic carbocycles. The first-order valence-corrected chi connectivity index (χ1v) is 8.81. The number of rotatable bonds is 5. The van der Waals surface area contributed by atoms with Crippen LogP contribution in [-0.2, 0) is 0 Å². The summed E-state index contributed by atoms with van der Waals surface area (Å²) in [6.07, 6.45) is 1.98. The fraction of sp³-hybridized carbons (Fsp3) is 0.455. The van der Waals surface area contributed by atoms with E-state index in [0.717, 1.165) is 25.1 Å². The number of thioether (sulfide) groups is 1. The molecule has 0 aliphatic rings. The number of aromatic nitrogens is 4. The Bertz CT molecular complexity index is 598. The van der Waals surface area contributed by atoms with Crippen molar-refractivity contribution in [1.29, 1.82) is 0 Å². The van der Waals surface area contributed by atoms with Crippen LogP contribution in [0, 0.1) is 6.92 Å². The van der Waals surface area contributed by atoms with E-state index in [9.17, 15) is 0 Å². The zero-order chi connectivity index (χ0) is 14.7. The summed E-state index contributed by atoms with van der Waals surface area (Å²) in [6.45, 7) is 6.05. The van der Waals surface area contributed by atoms with Crippen LogP contribution < -0.4 is 11.3 Å². The zero-order valence-electron chi connectivity index (χ0n) is 11.7. The van der Waals surface area contributed by atoms with Gasteiger partial charge in [-0.25, -0.2) is 15.8 Å². The first-order chi connectivity index (χ1) is 9.55. The molecule has 0 aliphatic heterocycles. The van der Waals surface area contributed by atoms with E-state index in [2.05, 4.69) is 39.4 Å². The first kappa shape index (κ1) is 15.5. The van der Waals surface area contributed by atoms with E-state index in [-0.39, 0.29) is 5.92 Å². The molecule has 108 valence electrons. The fourth-order valence-corrected chi connectivity index (χ4v) is 3.85. The second-order valence-electron chi connectivity index (χ2n) is 4.30. The summed E-state index contributed by atoms with van der Waals surface area (Å²) in [4.78, 5) is 9.02. The quantitative estimate of drug-likeness (QED) is 0.375. The minimum atomic E-state index is 0.234. The molecule has 2 aromatic heterocycles. The number of nitrogen functional groups attached to an aromatic ring is 1. The van der Waals surface area contributed by atoms with Crippen molar-refractivity contribution in [3.05, 3.63) is 11.4 Å². The number of hydrogen-bond acceptors (Lipinski definition) is 9. The van der Waals surface area contributed by atoms with Gasteiger partial charge in [0, 0.05) is 11.5 Å². The average molecular weight is 328 g/mol. The molecule has 20 heavy (non-hydrogen) atoms. The minimum Gasteiger partial charge on any atom is -0.308 e. The van der Waals surface area contributed by atoms with Gasteiger partial charge in [0.25, 0.3) is 0 Å². The largest absolute Gasteiger partial charge is 0.308 e. The molecule has 0 spiro atoms. The van der Waals surface area contributed by atoms with Gasteiger partial charge in [0.15, 0.2) is 8.68 Å². The van der Waals surface area contributed by atoms with Crippen LogP contribution in [0.15, 0.2) is 13.7 Å². The van der Waals surface area contributed by atoms with Gasteiger partial charge in [0.2, 0.25) is 0 Å². The number of hydrazine groups is 1. The van der Waals surface area contributed by atoms with Crippen molar-refractivity contribution in [2.75, 3.05) is 11.7 Å². The minimum absolute atomic E-state index is 0.234. The molecule has 2 rings (SSSR count). The Morgan fingerprint density at radius 3 is 2.45 bits per heavy atom. The van der Waals surface area contributed by atoms with Gasteiger partial charge in [0.1, 0.15) is 16.7 Å². The van der Waals surface area contributed by atoms with Gasteiger partial charge < -0.3 is 5.43 Å². The molecule has 0 amide bonds. The first-order valence-electron chi connectivity index (χ1n) is 5.95. The van der Waals surface area contributed by atoms with E-state index < -0.39 is 0 Å². The van der Waals surface area contributed by atoms with Crippen molar-refractivity contribution >= 4 is 40.7 Å². The fourth-order valence-electron chi connectivity index (χ4n) is 1.41. The lowest BCUT2D eigenvalue weighted by Crippen LogP contribution is -2.13. The van der Waals surface area contributed by atoms with Crippen LogP contribution in [0.4, 0.5) is 5.82 Å². The van der Waals surface area contributed by atoms with Crippen LogP contribution in [-0.4, -0.2) is 26.4 Å². The molecule has 3 N–H and O–H groups in total. The van der Waals surface area contributed by atoms with Gasteiger partial charge in [-0.1, -0.05) is 36.9 Å². The Hall–Kier alpha value is -0.900. The third-order valence-electron chi connectivity index (χ3n) is 2.52. The summed E-state index contributed by atoms with van der Waals surface area (Å²) in [6, 6.07) is 0. The highest BCUT2D eigenvalue weighted by Crippen LogP contribution is 2.35. The topological polar surface area (TPSA) is 89.6 Å². The van der Waals surface area contributed by atoms with Crippen LogP contribution >= 0.6 is 34.9 Å². The van der Waals surface area contributed by atoms with E-state index in [1.807, 2.05) is 13.2 Å². The van der Waals surface area contributed by atoms with Crippen molar-refractivity contribution in [3.8, 4) is 0 Å². The lowest BCUT2D eigenvalue weighted by Gasteiger charge is -2.12. The monoisotopic (exact) mass is 328 g/mol. The Kier molecular flexibility index (Phi) is 5.19. The van der Waals surface area contributed by atoms with Gasteiger partial charge in [-0.3, -0.25) is 0 Å². The highest BCUT2D eigenvalue weighted by Gasteiger charge is 2.15. The smallest absolute Gasteiger partial charge is 0.181 e. The lowest BCUT2D eigenvalue weighted by atomic mass is 10.2. The molecule has 2 aromatic rings. The normalized spacial score (nSPS) is 11.1. The summed E-state index contributed by atoms with van der Waals surface area (Å²) >= 11 is 4.64. The van der Waals surface area contributed by atoms with Crippen LogP contribution in [0.25, 0.3) is 0 Å². The molecule has 9 heteroatoms. The maximum Gasteiger partial charge on any atom is 0.181 e. The van der Waals surface area contributed by atoms with Gasteiger partial charge in [-0.15, -0.1) is 10.2 Å². The number of hydrogen-bond donors (Lipinski definition) is 2. The number of nitrogens with one attached hydrogen (secondary N) is 1. The summed E-state index contributed by atoms with van der Waals surface area (Å²) in [5, 5.41) is 9.10. The lowest BCUT2D eigenvalue weighted by molar-refractivity contribution is 0.748. The van der Waals surface area contributed by atoms with E-state index in [4.69, 9.17) is 5.84 Å². The van der Waals surface area contributed by atoms with Crippen molar-refractivity contribution in [2.45, 2.75) is 40.4 Å². The van der Waals surface area contributed by atoms with Crippen LogP contribution in [0.5, 0.6) is 0 Å². The number of anilines is 1. The molecule has 0 atom stereocenters. The summed E-state index contributed by atoms with van der Waals surface area (Å²) in [7, 11) is 0. The van der Waals surface area contributed by atoms with Crippen molar-refractivity contribution in [1.82, 2.24) is 20.2 Å². The molecule has 0 saturated heterocycles. The van der Waals surface area contributed by atoms with Crippen LogP contribution in [0.3, 0.4) is 0 Å². The molecule has 0 saturated carbocycles. The molecule has 2 heterocycles. The van der Waals surface area contributed by atoms with E-state index in [1.54, 1.807) is 23.1 Å². The van der Waals surface area contributed by atoms with Crippen molar-refractivity contribution in [3.63, 3.8) is 0 Å². The Balaban J connectivity index is 2.36. The molecule has 0 fully saturated rings. The Morgan fingerprint density at radius 1 is 1.20 bits per heavy atom. The predicted molar refractivity (Wildman–Crippen MR) is 84.5 cm³/mol. The SMILES string of the molecule is CSc1nnc(Sc2nc(C(C)C)nc(NN)c2C)s1. The summed E-state index contributed by atoms with van der Waals surface area (Å²) < 4.78 is 1.81. The Labute approximate surface area is 130 Å². The second kappa shape index (κ2) is 6.70. The maximum atomic E-state index is 5.53. The highest BCUT2D eigenvalue weighted by atomic mass is 32.2. The second-order valence-corrected chi connectivity index (χ2v) is 7.57.